The van der Waals surface area contributed by atoms with Crippen molar-refractivity contribution in [3.05, 3.63) is 26.2 Å². The molecule has 0 unspecified atom stereocenters. The van der Waals surface area contributed by atoms with Crippen molar-refractivity contribution < 1.29 is 0 Å². The summed E-state index contributed by atoms with van der Waals surface area (Å²) in [6.45, 7) is 0. The van der Waals surface area contributed by atoms with Crippen LogP contribution in [0.2, 0.25) is 0 Å². The molecule has 1 N–H and O–H groups in total. The zero-order valence-electron chi connectivity index (χ0n) is 5.44. The SMILES string of the molecule is N#CNc1cc(I)ccc1Br. The molecule has 0 aliphatic carbocycles. The van der Waals surface area contributed by atoms with Gasteiger partial charge in [0.25, 0.3) is 0 Å². The number of benzene rings is 1. The minimum Gasteiger partial charge on any atom is -0.292 e. The maximum absolute atomic E-state index is 8.35. The molecule has 0 heterocycles. The van der Waals surface area contributed by atoms with Crippen molar-refractivity contribution >= 4 is 44.2 Å². The maximum Gasteiger partial charge on any atom is 0.181 e. The Hall–Kier alpha value is -0.280. The Balaban J connectivity index is 3.05. The van der Waals surface area contributed by atoms with Gasteiger partial charge in [0.1, 0.15) is 0 Å². The second-order valence-electron chi connectivity index (χ2n) is 1.86. The fourth-order valence-electron chi connectivity index (χ4n) is 0.654. The Morgan fingerprint density at radius 1 is 1.55 bits per heavy atom. The van der Waals surface area contributed by atoms with Gasteiger partial charge in [-0.2, -0.15) is 5.26 Å². The van der Waals surface area contributed by atoms with Crippen LogP contribution >= 0.6 is 38.5 Å². The first kappa shape index (κ1) is 8.81. The lowest BCUT2D eigenvalue weighted by Crippen LogP contribution is -1.88. The third kappa shape index (κ3) is 2.34. The number of nitrogens with one attached hydrogen (secondary N) is 1. The Morgan fingerprint density at radius 2 is 2.27 bits per heavy atom. The van der Waals surface area contributed by atoms with Crippen molar-refractivity contribution in [3.63, 3.8) is 0 Å². The smallest absolute Gasteiger partial charge is 0.181 e. The molecule has 0 fully saturated rings. The van der Waals surface area contributed by atoms with Crippen LogP contribution in [0.5, 0.6) is 0 Å². The molecule has 1 aromatic carbocycles. The van der Waals surface area contributed by atoms with Crippen molar-refractivity contribution in [2.75, 3.05) is 5.32 Å². The van der Waals surface area contributed by atoms with E-state index in [1.165, 1.54) is 0 Å². The van der Waals surface area contributed by atoms with Crippen LogP contribution in [-0.2, 0) is 0 Å². The highest BCUT2D eigenvalue weighted by Gasteiger charge is 1.97. The number of rotatable bonds is 1. The number of hydrogen-bond acceptors (Lipinski definition) is 2. The van der Waals surface area contributed by atoms with Crippen molar-refractivity contribution in [3.8, 4) is 6.19 Å². The van der Waals surface area contributed by atoms with E-state index in [1.54, 1.807) is 0 Å². The average Bonchev–Trinajstić information content (AvgIpc) is 1.98. The molecule has 0 radical (unpaired) electrons. The molecular formula is C7H4BrIN2. The second-order valence-corrected chi connectivity index (χ2v) is 3.96. The molecule has 0 amide bonds. The zero-order chi connectivity index (χ0) is 8.27. The summed E-state index contributed by atoms with van der Waals surface area (Å²) in [4.78, 5) is 0. The standard InChI is InChI=1S/C7H4BrIN2/c8-6-2-1-5(9)3-7(6)11-4-10/h1-3,11H. The fraction of sp³-hybridized carbons (Fsp3) is 0. The highest BCUT2D eigenvalue weighted by atomic mass is 127. The van der Waals surface area contributed by atoms with Crippen LogP contribution in [0.1, 0.15) is 0 Å². The summed E-state index contributed by atoms with van der Waals surface area (Å²) in [6, 6.07) is 5.77. The molecule has 2 nitrogen and oxygen atoms in total. The first-order valence-corrected chi connectivity index (χ1v) is 4.71. The van der Waals surface area contributed by atoms with Gasteiger partial charge in [0.05, 0.1) is 5.69 Å². The number of nitrogens with zero attached hydrogens (tertiary/aromatic N) is 1. The minimum absolute atomic E-state index is 0.805. The van der Waals surface area contributed by atoms with E-state index >= 15 is 0 Å². The summed E-state index contributed by atoms with van der Waals surface area (Å²) in [7, 11) is 0. The summed E-state index contributed by atoms with van der Waals surface area (Å²) in [5, 5.41) is 10.9. The van der Waals surface area contributed by atoms with Crippen LogP contribution in [0.15, 0.2) is 22.7 Å². The maximum atomic E-state index is 8.35. The van der Waals surface area contributed by atoms with E-state index in [9.17, 15) is 0 Å². The third-order valence-corrected chi connectivity index (χ3v) is 2.48. The van der Waals surface area contributed by atoms with Crippen molar-refractivity contribution in [1.29, 1.82) is 5.26 Å². The Labute approximate surface area is 86.9 Å². The third-order valence-electron chi connectivity index (χ3n) is 1.12. The van der Waals surface area contributed by atoms with Crippen LogP contribution in [-0.4, -0.2) is 0 Å². The lowest BCUT2D eigenvalue weighted by molar-refractivity contribution is 1.45. The van der Waals surface area contributed by atoms with Crippen LogP contribution in [0.4, 0.5) is 5.69 Å². The molecule has 0 aromatic heterocycles. The first-order valence-electron chi connectivity index (χ1n) is 2.84. The monoisotopic (exact) mass is 322 g/mol. The van der Waals surface area contributed by atoms with Gasteiger partial charge in [-0.3, -0.25) is 5.32 Å². The second kappa shape index (κ2) is 3.93. The van der Waals surface area contributed by atoms with E-state index in [0.717, 1.165) is 13.7 Å². The average molecular weight is 323 g/mol. The van der Waals surface area contributed by atoms with E-state index < -0.39 is 0 Å². The van der Waals surface area contributed by atoms with Gasteiger partial charge in [-0.15, -0.1) is 0 Å². The summed E-state index contributed by atoms with van der Waals surface area (Å²) in [5.74, 6) is 0. The molecule has 4 heteroatoms. The molecule has 0 atom stereocenters. The van der Waals surface area contributed by atoms with Gasteiger partial charge in [-0.1, -0.05) is 0 Å². The zero-order valence-corrected chi connectivity index (χ0v) is 9.18. The Morgan fingerprint density at radius 3 is 2.91 bits per heavy atom. The van der Waals surface area contributed by atoms with Crippen molar-refractivity contribution in [2.24, 2.45) is 0 Å². The van der Waals surface area contributed by atoms with Crippen LogP contribution < -0.4 is 5.32 Å². The molecule has 11 heavy (non-hydrogen) atoms. The first-order chi connectivity index (χ1) is 5.24. The Bertz CT molecular complexity index is 306. The molecule has 56 valence electrons. The van der Waals surface area contributed by atoms with Gasteiger partial charge in [0.15, 0.2) is 6.19 Å². The van der Waals surface area contributed by atoms with E-state index in [4.69, 9.17) is 5.26 Å². The molecule has 1 rings (SSSR count). The molecule has 0 aliphatic rings. The lowest BCUT2D eigenvalue weighted by Gasteiger charge is -2.00. The topological polar surface area (TPSA) is 35.8 Å². The number of anilines is 1. The highest BCUT2D eigenvalue weighted by molar-refractivity contribution is 14.1. The van der Waals surface area contributed by atoms with Crippen LogP contribution in [0.3, 0.4) is 0 Å². The predicted octanol–water partition coefficient (Wildman–Crippen LogP) is 2.95. The quantitative estimate of drug-likeness (QED) is 0.490. The van der Waals surface area contributed by atoms with Crippen LogP contribution in [0.25, 0.3) is 0 Å². The van der Waals surface area contributed by atoms with Gasteiger partial charge in [-0.05, 0) is 56.7 Å². The molecule has 0 bridgehead atoms. The van der Waals surface area contributed by atoms with Crippen molar-refractivity contribution in [2.45, 2.75) is 0 Å². The molecule has 0 spiro atoms. The highest BCUT2D eigenvalue weighted by Crippen LogP contribution is 2.23. The van der Waals surface area contributed by atoms with Gasteiger partial charge in [0.2, 0.25) is 0 Å². The van der Waals surface area contributed by atoms with E-state index in [1.807, 2.05) is 24.4 Å². The molecule has 0 saturated heterocycles. The summed E-state index contributed by atoms with van der Waals surface area (Å²) >= 11 is 5.51. The molecule has 0 aliphatic heterocycles. The Kier molecular flexibility index (Phi) is 3.15. The lowest BCUT2D eigenvalue weighted by atomic mass is 10.3. The van der Waals surface area contributed by atoms with E-state index in [0.29, 0.717) is 0 Å². The van der Waals surface area contributed by atoms with Gasteiger partial charge in [0, 0.05) is 8.04 Å². The van der Waals surface area contributed by atoms with Gasteiger partial charge in [-0.25, -0.2) is 0 Å². The molecule has 0 saturated carbocycles. The summed E-state index contributed by atoms with van der Waals surface area (Å²) in [5.41, 5.74) is 0.805. The van der Waals surface area contributed by atoms with E-state index in [-0.39, 0.29) is 0 Å². The van der Waals surface area contributed by atoms with Crippen molar-refractivity contribution in [1.82, 2.24) is 0 Å². The van der Waals surface area contributed by atoms with Gasteiger partial charge >= 0.3 is 0 Å². The van der Waals surface area contributed by atoms with Gasteiger partial charge < -0.3 is 0 Å². The number of hydrogen-bond donors (Lipinski definition) is 1. The number of nitriles is 1. The normalized spacial score (nSPS) is 8.82. The molecule has 1 aromatic rings. The predicted molar refractivity (Wildman–Crippen MR) is 56.1 cm³/mol. The minimum atomic E-state index is 0.805. The summed E-state index contributed by atoms with van der Waals surface area (Å²) < 4.78 is 2.00. The van der Waals surface area contributed by atoms with Crippen LogP contribution in [0, 0.1) is 15.0 Å². The largest absolute Gasteiger partial charge is 0.292 e. The van der Waals surface area contributed by atoms with E-state index in [2.05, 4.69) is 43.8 Å². The summed E-state index contributed by atoms with van der Waals surface area (Å²) in [6.07, 6.45) is 1.87. The number of halogens is 2. The fourth-order valence-corrected chi connectivity index (χ4v) is 1.49. The molecular weight excluding hydrogens is 319 g/mol.